The van der Waals surface area contributed by atoms with E-state index in [2.05, 4.69) is 22.8 Å². The topological polar surface area (TPSA) is 108 Å². The Kier molecular flexibility index (Phi) is 7.40. The van der Waals surface area contributed by atoms with Gasteiger partial charge in [0, 0.05) is 12.5 Å². The number of ether oxygens (including phenoxy) is 1. The maximum Gasteiger partial charge on any atom is 0.408 e. The van der Waals surface area contributed by atoms with Crippen molar-refractivity contribution in [3.8, 4) is 11.1 Å². The van der Waals surface area contributed by atoms with Crippen LogP contribution in [0.4, 0.5) is 4.79 Å². The Morgan fingerprint density at radius 3 is 2.11 bits per heavy atom. The lowest BCUT2D eigenvalue weighted by Crippen LogP contribution is -2.63. The molecule has 1 saturated carbocycles. The molecular weight excluding hydrogens is 446 g/mol. The molecule has 1 atom stereocenters. The minimum absolute atomic E-state index is 0.0826. The third-order valence-corrected chi connectivity index (χ3v) is 6.98. The summed E-state index contributed by atoms with van der Waals surface area (Å²) in [6, 6.07) is 15.1. The summed E-state index contributed by atoms with van der Waals surface area (Å²) >= 11 is 0. The first-order valence-electron chi connectivity index (χ1n) is 12.1. The Hall–Kier alpha value is -3.39. The van der Waals surface area contributed by atoms with E-state index in [4.69, 9.17) is 4.74 Å². The van der Waals surface area contributed by atoms with Gasteiger partial charge in [-0.25, -0.2) is 9.59 Å². The molecule has 8 nitrogen and oxygen atoms in total. The summed E-state index contributed by atoms with van der Waals surface area (Å²) in [5, 5.41) is 15.0. The molecule has 0 heterocycles. The van der Waals surface area contributed by atoms with Gasteiger partial charge < -0.3 is 25.4 Å². The molecule has 0 radical (unpaired) electrons. The quantitative estimate of drug-likeness (QED) is 0.536. The van der Waals surface area contributed by atoms with Crippen molar-refractivity contribution >= 4 is 18.0 Å². The van der Waals surface area contributed by atoms with Crippen molar-refractivity contribution in [3.63, 3.8) is 0 Å². The molecule has 2 aromatic carbocycles. The van der Waals surface area contributed by atoms with Gasteiger partial charge in [0.15, 0.2) is 0 Å². The lowest BCUT2D eigenvalue weighted by molar-refractivity contribution is -0.143. The lowest BCUT2D eigenvalue weighted by atomic mass is 9.80. The minimum atomic E-state index is -1.18. The fourth-order valence-electron chi connectivity index (χ4n) is 5.24. The number of carboxylic acid groups (broad SMARTS) is 1. The minimum Gasteiger partial charge on any atom is -0.480 e. The lowest BCUT2D eigenvalue weighted by Gasteiger charge is -2.37. The molecule has 0 aliphatic heterocycles. The monoisotopic (exact) mass is 479 g/mol. The molecule has 2 aromatic rings. The number of benzene rings is 2. The highest BCUT2D eigenvalue weighted by Gasteiger charge is 2.43. The smallest absolute Gasteiger partial charge is 0.408 e. The number of carbonyl (C=O) groups is 3. The van der Waals surface area contributed by atoms with E-state index >= 15 is 0 Å². The van der Waals surface area contributed by atoms with Crippen LogP contribution in [0.15, 0.2) is 48.5 Å². The van der Waals surface area contributed by atoms with E-state index in [1.807, 2.05) is 36.4 Å². The molecule has 4 rings (SSSR count). The number of aliphatic carboxylic acids is 1. The highest BCUT2D eigenvalue weighted by Crippen LogP contribution is 2.44. The van der Waals surface area contributed by atoms with Crippen LogP contribution in [0.3, 0.4) is 0 Å². The van der Waals surface area contributed by atoms with Gasteiger partial charge in [-0.3, -0.25) is 4.79 Å². The Bertz CT molecular complexity index is 1050. The maximum absolute atomic E-state index is 13.3. The number of carboxylic acids is 1. The molecule has 0 spiro atoms. The van der Waals surface area contributed by atoms with E-state index in [1.165, 1.54) is 0 Å². The van der Waals surface area contributed by atoms with Crippen molar-refractivity contribution < 1.29 is 24.2 Å². The van der Waals surface area contributed by atoms with Gasteiger partial charge in [-0.2, -0.15) is 0 Å². The number of amides is 2. The van der Waals surface area contributed by atoms with Gasteiger partial charge >= 0.3 is 12.1 Å². The number of carbonyl (C=O) groups excluding carboxylic acids is 2. The third kappa shape index (κ3) is 5.32. The number of nitrogens with one attached hydrogen (secondary N) is 2. The summed E-state index contributed by atoms with van der Waals surface area (Å²) in [6.45, 7) is 0.304. The van der Waals surface area contributed by atoms with E-state index in [9.17, 15) is 19.5 Å². The number of hydrogen-bond donors (Lipinski definition) is 3. The van der Waals surface area contributed by atoms with Gasteiger partial charge in [0.05, 0.1) is 0 Å². The summed E-state index contributed by atoms with van der Waals surface area (Å²) in [5.41, 5.74) is 3.32. The average molecular weight is 480 g/mol. The van der Waals surface area contributed by atoms with Crippen molar-refractivity contribution in [2.45, 2.75) is 49.6 Å². The van der Waals surface area contributed by atoms with Crippen molar-refractivity contribution in [1.29, 1.82) is 0 Å². The van der Waals surface area contributed by atoms with Crippen LogP contribution < -0.4 is 10.6 Å². The van der Waals surface area contributed by atoms with Gasteiger partial charge in [0.25, 0.3) is 0 Å². The molecule has 3 N–H and O–H groups in total. The molecule has 2 aliphatic rings. The Morgan fingerprint density at radius 2 is 1.57 bits per heavy atom. The molecule has 0 bridgehead atoms. The van der Waals surface area contributed by atoms with Gasteiger partial charge in [-0.1, -0.05) is 67.8 Å². The van der Waals surface area contributed by atoms with E-state index < -0.39 is 29.6 Å². The van der Waals surface area contributed by atoms with Gasteiger partial charge in [0.2, 0.25) is 5.91 Å². The van der Waals surface area contributed by atoms with Crippen molar-refractivity contribution in [1.82, 2.24) is 15.5 Å². The largest absolute Gasteiger partial charge is 0.480 e. The number of alkyl carbamates (subject to hydrolysis) is 1. The van der Waals surface area contributed by atoms with E-state index in [-0.39, 0.29) is 19.1 Å². The van der Waals surface area contributed by atoms with Crippen LogP contribution in [0, 0.1) is 0 Å². The zero-order chi connectivity index (χ0) is 25.0. The standard InChI is InChI=1S/C27H33N3O5/c1-30(2)16-23(24(31)32)28-25(33)27(14-8-3-9-15-27)29-26(34)35-17-22-20-12-6-4-10-18(20)19-11-5-7-13-21(19)22/h4-7,10-13,22-23H,3,8-9,14-17H2,1-2H3,(H,28,33)(H,29,34)(H,31,32)/t23-/m0/s1. The first kappa shape index (κ1) is 24.7. The van der Waals surface area contributed by atoms with E-state index in [1.54, 1.807) is 19.0 Å². The number of hydrogen-bond acceptors (Lipinski definition) is 5. The van der Waals surface area contributed by atoms with Crippen molar-refractivity contribution in [3.05, 3.63) is 59.7 Å². The van der Waals surface area contributed by atoms with Crippen molar-refractivity contribution in [2.75, 3.05) is 27.2 Å². The second-order valence-electron chi connectivity index (χ2n) is 9.72. The van der Waals surface area contributed by atoms with Crippen LogP contribution in [-0.4, -0.2) is 66.8 Å². The number of rotatable bonds is 8. The fraction of sp³-hybridized carbons (Fsp3) is 0.444. The van der Waals surface area contributed by atoms with Crippen molar-refractivity contribution in [2.24, 2.45) is 0 Å². The summed E-state index contributed by atoms with van der Waals surface area (Å²) in [4.78, 5) is 39.6. The fourth-order valence-corrected chi connectivity index (χ4v) is 5.24. The summed E-state index contributed by atoms with van der Waals surface area (Å²) < 4.78 is 5.68. The zero-order valence-electron chi connectivity index (χ0n) is 20.3. The van der Waals surface area contributed by atoms with Crippen LogP contribution >= 0.6 is 0 Å². The van der Waals surface area contributed by atoms with Gasteiger partial charge in [-0.05, 0) is 49.2 Å². The van der Waals surface area contributed by atoms with Crippen LogP contribution in [0.2, 0.25) is 0 Å². The molecule has 1 fully saturated rings. The van der Waals surface area contributed by atoms with Crippen LogP contribution in [0.25, 0.3) is 11.1 Å². The second-order valence-corrected chi connectivity index (χ2v) is 9.72. The predicted molar refractivity (Wildman–Crippen MR) is 132 cm³/mol. The second kappa shape index (κ2) is 10.5. The van der Waals surface area contributed by atoms with Crippen LogP contribution in [-0.2, 0) is 14.3 Å². The summed E-state index contributed by atoms with van der Waals surface area (Å²) in [6.07, 6.45) is 2.71. The first-order valence-corrected chi connectivity index (χ1v) is 12.1. The average Bonchev–Trinajstić information content (AvgIpc) is 3.16. The highest BCUT2D eigenvalue weighted by molar-refractivity contribution is 5.93. The molecule has 0 unspecified atom stereocenters. The number of nitrogens with zero attached hydrogens (tertiary/aromatic N) is 1. The molecule has 186 valence electrons. The van der Waals surface area contributed by atoms with E-state index in [0.29, 0.717) is 12.8 Å². The SMILES string of the molecule is CN(C)C[C@H](NC(=O)C1(NC(=O)OCC2c3ccccc3-c3ccccc32)CCCCC1)C(=O)O. The molecule has 0 aromatic heterocycles. The Morgan fingerprint density at radius 1 is 1.00 bits per heavy atom. The molecule has 0 saturated heterocycles. The highest BCUT2D eigenvalue weighted by atomic mass is 16.5. The first-order chi connectivity index (χ1) is 16.8. The molecule has 2 aliphatic carbocycles. The molecule has 35 heavy (non-hydrogen) atoms. The van der Waals surface area contributed by atoms with Gasteiger partial charge in [-0.15, -0.1) is 0 Å². The Labute approximate surface area is 205 Å². The Balaban J connectivity index is 1.46. The van der Waals surface area contributed by atoms with Crippen LogP contribution in [0.5, 0.6) is 0 Å². The van der Waals surface area contributed by atoms with Crippen LogP contribution in [0.1, 0.15) is 49.1 Å². The molecule has 8 heteroatoms. The molecule has 2 amide bonds. The maximum atomic E-state index is 13.3. The van der Waals surface area contributed by atoms with Gasteiger partial charge in [0.1, 0.15) is 18.2 Å². The van der Waals surface area contributed by atoms with E-state index in [0.717, 1.165) is 41.5 Å². The summed E-state index contributed by atoms with van der Waals surface area (Å²) in [5.74, 6) is -1.67. The number of likely N-dealkylation sites (N-methyl/N-ethyl adjacent to an activating group) is 1. The normalized spacial score (nSPS) is 17.2. The molecular formula is C27H33N3O5. The number of fused-ring (bicyclic) bond motifs is 3. The predicted octanol–water partition coefficient (Wildman–Crippen LogP) is 3.36. The summed E-state index contributed by atoms with van der Waals surface area (Å²) in [7, 11) is 3.49. The zero-order valence-corrected chi connectivity index (χ0v) is 20.3. The third-order valence-electron chi connectivity index (χ3n) is 6.98.